The molecular formula is C19H34N4OSi. The Kier molecular flexibility index (Phi) is 4.81. The van der Waals surface area contributed by atoms with Crippen LogP contribution < -0.4 is 21.1 Å². The van der Waals surface area contributed by atoms with E-state index in [4.69, 9.17) is 10.2 Å². The third-order valence-corrected chi connectivity index (χ3v) is 10.7. The van der Waals surface area contributed by atoms with E-state index >= 15 is 0 Å². The highest BCUT2D eigenvalue weighted by Crippen LogP contribution is 2.39. The van der Waals surface area contributed by atoms with E-state index < -0.39 is 8.32 Å². The van der Waals surface area contributed by atoms with Gasteiger partial charge in [0.25, 0.3) is 0 Å². The maximum absolute atomic E-state index is 6.61. The fourth-order valence-electron chi connectivity index (χ4n) is 3.47. The van der Waals surface area contributed by atoms with Gasteiger partial charge >= 0.3 is 0 Å². The molecule has 1 aromatic rings. The van der Waals surface area contributed by atoms with E-state index in [1.165, 1.54) is 16.9 Å². The summed E-state index contributed by atoms with van der Waals surface area (Å²) < 4.78 is 6.61. The minimum Gasteiger partial charge on any atom is -0.414 e. The summed E-state index contributed by atoms with van der Waals surface area (Å²) in [5.74, 6) is 0. The van der Waals surface area contributed by atoms with Crippen molar-refractivity contribution < 1.29 is 4.43 Å². The van der Waals surface area contributed by atoms with Crippen LogP contribution in [0.3, 0.4) is 0 Å². The number of piperidine rings is 1. The predicted octanol–water partition coefficient (Wildman–Crippen LogP) is 3.71. The Morgan fingerprint density at radius 1 is 1.16 bits per heavy atom. The number of nitrogens with two attached hydrogens (primary N) is 1. The fourth-order valence-corrected chi connectivity index (χ4v) is 4.89. The van der Waals surface area contributed by atoms with E-state index in [2.05, 4.69) is 68.4 Å². The second-order valence-electron chi connectivity index (χ2n) is 9.00. The Morgan fingerprint density at radius 2 is 1.80 bits per heavy atom. The second-order valence-corrected chi connectivity index (χ2v) is 13.8. The number of nitrogens with zero attached hydrogens (tertiary/aromatic N) is 2. The van der Waals surface area contributed by atoms with Crippen molar-refractivity contribution in [2.75, 3.05) is 35.8 Å². The molecule has 1 fully saturated rings. The molecule has 0 bridgehead atoms. The van der Waals surface area contributed by atoms with Crippen LogP contribution >= 0.6 is 0 Å². The Bertz CT molecular complexity index is 633. The van der Waals surface area contributed by atoms with Crippen LogP contribution in [0, 0.1) is 0 Å². The molecule has 0 radical (unpaired) electrons. The van der Waals surface area contributed by atoms with Gasteiger partial charge in [0, 0.05) is 32.8 Å². The van der Waals surface area contributed by atoms with E-state index in [1.807, 2.05) is 0 Å². The van der Waals surface area contributed by atoms with E-state index in [9.17, 15) is 0 Å². The summed E-state index contributed by atoms with van der Waals surface area (Å²) in [7, 11) is 0.375. The number of nitrogen functional groups attached to an aromatic ring is 1. The molecule has 1 saturated heterocycles. The van der Waals surface area contributed by atoms with Crippen LogP contribution in [0.5, 0.6) is 0 Å². The van der Waals surface area contributed by atoms with Gasteiger partial charge in [0.1, 0.15) is 0 Å². The number of hydrogen-bond donors (Lipinski definition) is 2. The van der Waals surface area contributed by atoms with Gasteiger partial charge in [-0.05, 0) is 48.7 Å². The Morgan fingerprint density at radius 3 is 2.40 bits per heavy atom. The van der Waals surface area contributed by atoms with Crippen molar-refractivity contribution >= 4 is 25.4 Å². The molecule has 5 nitrogen and oxygen atoms in total. The molecule has 2 aliphatic rings. The quantitative estimate of drug-likeness (QED) is 0.634. The number of fused-ring (bicyclic) bond motifs is 1. The topological polar surface area (TPSA) is 53.8 Å². The van der Waals surface area contributed by atoms with Gasteiger partial charge in [-0.15, -0.1) is 0 Å². The molecule has 0 saturated carbocycles. The standard InChI is InChI=1S/C19H34N4OSi/c1-19(2,3)25(5,6)24-15-7-9-23(10-8-15)18-12-17-14(11-16(18)20)13-21-22(17)4/h11-12,15,21H,7-10,13,20H2,1-6H3. The lowest BCUT2D eigenvalue weighted by atomic mass is 10.1. The maximum Gasteiger partial charge on any atom is 0.192 e. The summed E-state index contributed by atoms with van der Waals surface area (Å²) >= 11 is 0. The van der Waals surface area contributed by atoms with Gasteiger partial charge in [-0.1, -0.05) is 20.8 Å². The molecule has 25 heavy (non-hydrogen) atoms. The fraction of sp³-hybridized carbons (Fsp3) is 0.684. The van der Waals surface area contributed by atoms with Crippen molar-refractivity contribution in [1.29, 1.82) is 0 Å². The van der Waals surface area contributed by atoms with E-state index in [1.54, 1.807) is 0 Å². The van der Waals surface area contributed by atoms with E-state index in [-0.39, 0.29) is 5.04 Å². The summed E-state index contributed by atoms with van der Waals surface area (Å²) in [4.78, 5) is 2.42. The zero-order valence-electron chi connectivity index (χ0n) is 16.6. The van der Waals surface area contributed by atoms with Crippen molar-refractivity contribution in [3.05, 3.63) is 17.7 Å². The number of hydrazine groups is 1. The molecule has 1 aromatic carbocycles. The predicted molar refractivity (Wildman–Crippen MR) is 110 cm³/mol. The zero-order chi connectivity index (χ0) is 18.4. The van der Waals surface area contributed by atoms with Crippen molar-refractivity contribution in [2.45, 2.75) is 64.4 Å². The minimum atomic E-state index is -1.69. The van der Waals surface area contributed by atoms with Crippen LogP contribution in [0.1, 0.15) is 39.2 Å². The average molecular weight is 363 g/mol. The molecule has 140 valence electrons. The first kappa shape index (κ1) is 18.5. The number of benzene rings is 1. The average Bonchev–Trinajstić information content (AvgIpc) is 2.86. The van der Waals surface area contributed by atoms with E-state index in [0.717, 1.165) is 38.2 Å². The monoisotopic (exact) mass is 362 g/mol. The molecule has 0 spiro atoms. The molecule has 3 N–H and O–H groups in total. The van der Waals surface area contributed by atoms with Crippen LogP contribution in [0.25, 0.3) is 0 Å². The highest BCUT2D eigenvalue weighted by atomic mass is 28.4. The lowest BCUT2D eigenvalue weighted by Gasteiger charge is -2.42. The normalized spacial score (nSPS) is 19.4. The first-order valence-electron chi connectivity index (χ1n) is 9.41. The molecule has 6 heteroatoms. The lowest BCUT2D eigenvalue weighted by molar-refractivity contribution is 0.152. The third kappa shape index (κ3) is 3.66. The Balaban J connectivity index is 1.66. The van der Waals surface area contributed by atoms with Gasteiger partial charge in [-0.25, -0.2) is 5.43 Å². The van der Waals surface area contributed by atoms with Crippen molar-refractivity contribution in [3.63, 3.8) is 0 Å². The van der Waals surface area contributed by atoms with Crippen molar-refractivity contribution in [1.82, 2.24) is 5.43 Å². The van der Waals surface area contributed by atoms with Gasteiger partial charge in [0.2, 0.25) is 0 Å². The molecule has 0 atom stereocenters. The maximum atomic E-state index is 6.61. The zero-order valence-corrected chi connectivity index (χ0v) is 17.6. The number of nitrogens with one attached hydrogen (secondary N) is 1. The summed E-state index contributed by atoms with van der Waals surface area (Å²) in [5, 5.41) is 2.36. The van der Waals surface area contributed by atoms with Gasteiger partial charge in [0.15, 0.2) is 8.32 Å². The molecule has 2 aliphatic heterocycles. The van der Waals surface area contributed by atoms with Gasteiger partial charge in [-0.2, -0.15) is 0 Å². The Hall–Kier alpha value is -1.24. The van der Waals surface area contributed by atoms with Crippen molar-refractivity contribution in [3.8, 4) is 0 Å². The van der Waals surface area contributed by atoms with Crippen LogP contribution in [0.2, 0.25) is 18.1 Å². The first-order chi connectivity index (χ1) is 11.6. The third-order valence-electron chi connectivity index (χ3n) is 6.15. The van der Waals surface area contributed by atoms with Gasteiger partial charge in [-0.3, -0.25) is 0 Å². The van der Waals surface area contributed by atoms with Crippen LogP contribution in [-0.4, -0.2) is 34.6 Å². The molecule has 2 heterocycles. The number of rotatable bonds is 3. The van der Waals surface area contributed by atoms with Crippen LogP contribution in [-0.2, 0) is 11.0 Å². The number of anilines is 3. The molecule has 0 aromatic heterocycles. The molecular weight excluding hydrogens is 328 g/mol. The van der Waals surface area contributed by atoms with Crippen LogP contribution in [0.4, 0.5) is 17.1 Å². The summed E-state index contributed by atoms with van der Waals surface area (Å²) in [5.41, 5.74) is 14.3. The van der Waals surface area contributed by atoms with E-state index in [0.29, 0.717) is 6.10 Å². The van der Waals surface area contributed by atoms with Crippen molar-refractivity contribution in [2.24, 2.45) is 0 Å². The van der Waals surface area contributed by atoms with Crippen LogP contribution in [0.15, 0.2) is 12.1 Å². The summed E-state index contributed by atoms with van der Waals surface area (Å²) in [6.45, 7) is 14.5. The number of hydrogen-bond acceptors (Lipinski definition) is 5. The van der Waals surface area contributed by atoms with Gasteiger partial charge in [0.05, 0.1) is 17.1 Å². The molecule has 0 amide bonds. The Labute approximate surface area is 153 Å². The summed E-state index contributed by atoms with van der Waals surface area (Å²) in [6, 6.07) is 4.36. The first-order valence-corrected chi connectivity index (χ1v) is 12.3. The van der Waals surface area contributed by atoms with Gasteiger partial charge < -0.3 is 20.1 Å². The molecule has 3 rings (SSSR count). The molecule has 0 aliphatic carbocycles. The second kappa shape index (κ2) is 6.48. The lowest BCUT2D eigenvalue weighted by Crippen LogP contribution is -2.47. The SMILES string of the molecule is CN1NCc2cc(N)c(N3CCC(O[Si](C)(C)C(C)(C)C)CC3)cc21. The minimum absolute atomic E-state index is 0.270. The highest BCUT2D eigenvalue weighted by molar-refractivity contribution is 6.74. The largest absolute Gasteiger partial charge is 0.414 e. The molecule has 0 unspecified atom stereocenters. The smallest absolute Gasteiger partial charge is 0.192 e. The summed E-state index contributed by atoms with van der Waals surface area (Å²) in [6.07, 6.45) is 2.55. The highest BCUT2D eigenvalue weighted by Gasteiger charge is 2.39.